The van der Waals surface area contributed by atoms with Crippen LogP contribution >= 0.6 is 0 Å². The molecule has 2 aromatic rings. The fourth-order valence-corrected chi connectivity index (χ4v) is 5.92. The summed E-state index contributed by atoms with van der Waals surface area (Å²) in [6, 6.07) is 18.8. The van der Waals surface area contributed by atoms with E-state index >= 15 is 0 Å². The number of sulfonamides is 1. The van der Waals surface area contributed by atoms with Gasteiger partial charge in [0.25, 0.3) is 0 Å². The van der Waals surface area contributed by atoms with Crippen molar-refractivity contribution in [2.45, 2.75) is 42.0 Å². The van der Waals surface area contributed by atoms with Crippen LogP contribution < -0.4 is 5.32 Å². The summed E-state index contributed by atoms with van der Waals surface area (Å²) < 4.78 is 26.9. The summed E-state index contributed by atoms with van der Waals surface area (Å²) in [5.74, 6) is 0. The van der Waals surface area contributed by atoms with Gasteiger partial charge in [0.1, 0.15) is 5.60 Å². The molecule has 0 aliphatic carbocycles. The van der Waals surface area contributed by atoms with Gasteiger partial charge in [0.15, 0.2) is 0 Å². The molecule has 0 bridgehead atoms. The Morgan fingerprint density at radius 3 is 2.26 bits per heavy atom. The van der Waals surface area contributed by atoms with Crippen molar-refractivity contribution in [3.63, 3.8) is 0 Å². The summed E-state index contributed by atoms with van der Waals surface area (Å²) >= 11 is 0. The first-order chi connectivity index (χ1) is 14.9. The third kappa shape index (κ3) is 5.16. The molecule has 0 saturated carbocycles. The first-order valence-corrected chi connectivity index (χ1v) is 12.3. The van der Waals surface area contributed by atoms with Gasteiger partial charge < -0.3 is 15.5 Å². The van der Waals surface area contributed by atoms with Gasteiger partial charge in [-0.3, -0.25) is 4.90 Å². The van der Waals surface area contributed by atoms with Crippen LogP contribution in [0.2, 0.25) is 0 Å². The quantitative estimate of drug-likeness (QED) is 0.590. The Morgan fingerprint density at radius 2 is 1.61 bits per heavy atom. The van der Waals surface area contributed by atoms with Crippen molar-refractivity contribution >= 4 is 10.0 Å². The molecule has 0 aromatic heterocycles. The van der Waals surface area contributed by atoms with Crippen molar-refractivity contribution in [1.29, 1.82) is 0 Å². The molecule has 2 atom stereocenters. The van der Waals surface area contributed by atoms with Gasteiger partial charge in [-0.25, -0.2) is 8.42 Å². The van der Waals surface area contributed by atoms with Gasteiger partial charge in [-0.1, -0.05) is 48.5 Å². The molecule has 168 valence electrons. The molecule has 0 radical (unpaired) electrons. The SMILES string of the molecule is O=S(=O)(c1ccccc1)N1C[C@@H](O)[C@](O)(CNC2CCN(Cc3ccccc3)CC2)C1. The Bertz CT molecular complexity index is 949. The lowest BCUT2D eigenvalue weighted by atomic mass is 9.98. The number of rotatable bonds is 7. The van der Waals surface area contributed by atoms with Crippen LogP contribution in [0, 0.1) is 0 Å². The molecule has 2 aliphatic heterocycles. The molecule has 31 heavy (non-hydrogen) atoms. The molecule has 8 heteroatoms. The van der Waals surface area contributed by atoms with E-state index in [-0.39, 0.29) is 30.6 Å². The summed E-state index contributed by atoms with van der Waals surface area (Å²) in [7, 11) is -3.74. The molecular formula is C23H31N3O4S. The van der Waals surface area contributed by atoms with Crippen molar-refractivity contribution in [3.05, 3.63) is 66.2 Å². The second-order valence-corrected chi connectivity index (χ2v) is 10.6. The summed E-state index contributed by atoms with van der Waals surface area (Å²) in [4.78, 5) is 2.59. The number of hydrogen-bond acceptors (Lipinski definition) is 6. The third-order valence-electron chi connectivity index (χ3n) is 6.36. The Labute approximate surface area is 184 Å². The number of benzene rings is 2. The number of piperidine rings is 1. The highest BCUT2D eigenvalue weighted by Crippen LogP contribution is 2.28. The van der Waals surface area contributed by atoms with Gasteiger partial charge in [0.2, 0.25) is 10.0 Å². The van der Waals surface area contributed by atoms with Crippen LogP contribution in [0.4, 0.5) is 0 Å². The van der Waals surface area contributed by atoms with Crippen molar-refractivity contribution in [2.75, 3.05) is 32.7 Å². The van der Waals surface area contributed by atoms with Crippen molar-refractivity contribution < 1.29 is 18.6 Å². The van der Waals surface area contributed by atoms with Crippen LogP contribution in [0.15, 0.2) is 65.6 Å². The molecule has 2 fully saturated rings. The van der Waals surface area contributed by atoms with Gasteiger partial charge in [0.05, 0.1) is 11.0 Å². The second-order valence-electron chi connectivity index (χ2n) is 8.65. The van der Waals surface area contributed by atoms with E-state index in [1.165, 1.54) is 22.0 Å². The molecule has 7 nitrogen and oxygen atoms in total. The van der Waals surface area contributed by atoms with Gasteiger partial charge in [-0.15, -0.1) is 0 Å². The van der Waals surface area contributed by atoms with Gasteiger partial charge in [-0.05, 0) is 43.6 Å². The lowest BCUT2D eigenvalue weighted by Gasteiger charge is -2.35. The third-order valence-corrected chi connectivity index (χ3v) is 8.19. The minimum absolute atomic E-state index is 0.106. The summed E-state index contributed by atoms with van der Waals surface area (Å²) in [6.45, 7) is 2.79. The van der Waals surface area contributed by atoms with Crippen LogP contribution in [0.1, 0.15) is 18.4 Å². The highest BCUT2D eigenvalue weighted by molar-refractivity contribution is 7.89. The maximum atomic E-state index is 12.8. The average molecular weight is 446 g/mol. The van der Waals surface area contributed by atoms with E-state index in [9.17, 15) is 18.6 Å². The van der Waals surface area contributed by atoms with E-state index in [1.54, 1.807) is 18.2 Å². The van der Waals surface area contributed by atoms with Crippen LogP contribution in [0.3, 0.4) is 0 Å². The maximum absolute atomic E-state index is 12.8. The lowest BCUT2D eigenvalue weighted by molar-refractivity contribution is -0.0409. The van der Waals surface area contributed by atoms with E-state index in [2.05, 4.69) is 34.5 Å². The largest absolute Gasteiger partial charge is 0.389 e. The fourth-order valence-electron chi connectivity index (χ4n) is 4.39. The van der Waals surface area contributed by atoms with E-state index in [4.69, 9.17) is 0 Å². The topological polar surface area (TPSA) is 93.1 Å². The normalized spacial score (nSPS) is 26.3. The Balaban J connectivity index is 1.29. The summed E-state index contributed by atoms with van der Waals surface area (Å²) in [5, 5.41) is 24.8. The predicted octanol–water partition coefficient (Wildman–Crippen LogP) is 1.04. The Hall–Kier alpha value is -1.81. The monoisotopic (exact) mass is 445 g/mol. The van der Waals surface area contributed by atoms with Gasteiger partial charge in [0, 0.05) is 32.2 Å². The molecule has 2 heterocycles. The predicted molar refractivity (Wildman–Crippen MR) is 119 cm³/mol. The van der Waals surface area contributed by atoms with E-state index in [0.717, 1.165) is 32.5 Å². The Morgan fingerprint density at radius 1 is 1.00 bits per heavy atom. The number of aliphatic hydroxyl groups is 2. The lowest BCUT2D eigenvalue weighted by Crippen LogP contribution is -2.53. The molecule has 4 rings (SSSR count). The zero-order valence-corrected chi connectivity index (χ0v) is 18.4. The van der Waals surface area contributed by atoms with Crippen LogP contribution in [0.5, 0.6) is 0 Å². The summed E-state index contributed by atoms with van der Waals surface area (Å²) in [6.07, 6.45) is 0.771. The summed E-state index contributed by atoms with van der Waals surface area (Å²) in [5.41, 5.74) is -0.194. The number of aliphatic hydroxyl groups excluding tert-OH is 1. The molecule has 2 aromatic carbocycles. The Kier molecular flexibility index (Phi) is 6.76. The minimum atomic E-state index is -3.74. The zero-order chi connectivity index (χ0) is 21.9. The highest BCUT2D eigenvalue weighted by atomic mass is 32.2. The van der Waals surface area contributed by atoms with Gasteiger partial charge in [-0.2, -0.15) is 4.31 Å². The van der Waals surface area contributed by atoms with E-state index < -0.39 is 21.7 Å². The molecule has 0 unspecified atom stereocenters. The smallest absolute Gasteiger partial charge is 0.243 e. The number of β-amino-alcohol motifs (C(OH)–C–C–N with tert-alkyl or cyclic N) is 2. The van der Waals surface area contributed by atoms with Crippen LogP contribution in [-0.4, -0.2) is 78.3 Å². The van der Waals surface area contributed by atoms with Crippen LogP contribution in [0.25, 0.3) is 0 Å². The van der Waals surface area contributed by atoms with Gasteiger partial charge >= 0.3 is 0 Å². The molecule has 0 amide bonds. The van der Waals surface area contributed by atoms with E-state index in [0.29, 0.717) is 0 Å². The number of likely N-dealkylation sites (tertiary alicyclic amines) is 1. The maximum Gasteiger partial charge on any atom is 0.243 e. The minimum Gasteiger partial charge on any atom is -0.389 e. The fraction of sp³-hybridized carbons (Fsp3) is 0.478. The molecule has 0 spiro atoms. The number of hydrogen-bond donors (Lipinski definition) is 3. The first-order valence-electron chi connectivity index (χ1n) is 10.8. The van der Waals surface area contributed by atoms with Crippen LogP contribution in [-0.2, 0) is 16.6 Å². The average Bonchev–Trinajstić information content (AvgIpc) is 3.10. The molecule has 2 saturated heterocycles. The number of nitrogens with zero attached hydrogens (tertiary/aromatic N) is 2. The molecule has 2 aliphatic rings. The van der Waals surface area contributed by atoms with Crippen molar-refractivity contribution in [2.24, 2.45) is 0 Å². The first kappa shape index (κ1) is 22.4. The second kappa shape index (κ2) is 9.36. The van der Waals surface area contributed by atoms with Crippen molar-refractivity contribution in [1.82, 2.24) is 14.5 Å². The number of nitrogens with one attached hydrogen (secondary N) is 1. The zero-order valence-electron chi connectivity index (χ0n) is 17.6. The standard InChI is InChI=1S/C23H31N3O4S/c27-22-16-26(31(29,30)21-9-5-2-6-10-21)18-23(22,28)17-24-20-11-13-25(14-12-20)15-19-7-3-1-4-8-19/h1-10,20,22,24,27-28H,11-18H2/t22-,23+/m1/s1. The molecular weight excluding hydrogens is 414 g/mol. The highest BCUT2D eigenvalue weighted by Gasteiger charge is 2.48. The molecule has 3 N–H and O–H groups in total. The van der Waals surface area contributed by atoms with Crippen molar-refractivity contribution in [3.8, 4) is 0 Å². The van der Waals surface area contributed by atoms with E-state index in [1.807, 2.05) is 6.07 Å².